The van der Waals surface area contributed by atoms with Gasteiger partial charge in [-0.05, 0) is 0 Å². The fourth-order valence-electron chi connectivity index (χ4n) is 1.16. The minimum Gasteiger partial charge on any atom is -0.673 e. The van der Waals surface area contributed by atoms with E-state index >= 15 is 0 Å². The van der Waals surface area contributed by atoms with Crippen LogP contribution >= 0.6 is 0 Å². The van der Waals surface area contributed by atoms with Crippen molar-refractivity contribution in [3.05, 3.63) is 28.5 Å². The normalized spacial score (nSPS) is 17.9. The zero-order valence-corrected chi connectivity index (χ0v) is 17.7. The molecule has 1 aliphatic carbocycles. The average Bonchev–Trinajstić information content (AvgIpc) is 2.32. The molecule has 104 valence electrons. The van der Waals surface area contributed by atoms with Gasteiger partial charge in [-0.1, -0.05) is 60.6 Å². The smallest absolute Gasteiger partial charge is 0.673 e. The van der Waals surface area contributed by atoms with Crippen LogP contribution in [0.1, 0.15) is 48.5 Å². The molecule has 3 heteroatoms. The summed E-state index contributed by atoms with van der Waals surface area (Å²) < 4.78 is 0. The maximum absolute atomic E-state index is 6.94. The summed E-state index contributed by atoms with van der Waals surface area (Å²) in [6, 6.07) is 0. The Bertz CT molecular complexity index is 269. The summed E-state index contributed by atoms with van der Waals surface area (Å²) in [5.74, 6) is 0.560. The Morgan fingerprint density at radius 1 is 1.11 bits per heavy atom. The third-order valence-electron chi connectivity index (χ3n) is 2.24. The van der Waals surface area contributed by atoms with Gasteiger partial charge in [-0.2, -0.15) is 11.1 Å². The van der Waals surface area contributed by atoms with Crippen LogP contribution in [0, 0.1) is 12.0 Å². The molecule has 1 rings (SSSR count). The Hall–Kier alpha value is 0.540. The van der Waals surface area contributed by atoms with Crippen molar-refractivity contribution < 1.29 is 26.2 Å². The summed E-state index contributed by atoms with van der Waals surface area (Å²) in [7, 11) is 0.417. The maximum atomic E-state index is 6.94. The molecule has 0 aromatic rings. The minimum absolute atomic E-state index is 0. The van der Waals surface area contributed by atoms with Crippen LogP contribution in [0.15, 0.2) is 16.7 Å². The van der Waals surface area contributed by atoms with E-state index < -0.39 is 0 Å². The molecule has 0 aliphatic heterocycles. The van der Waals surface area contributed by atoms with E-state index in [0.717, 1.165) is 0 Å². The van der Waals surface area contributed by atoms with Gasteiger partial charge in [0.15, 0.2) is 0 Å². The molecule has 0 amide bonds. The van der Waals surface area contributed by atoms with Crippen LogP contribution in [-0.2, 0) is 26.2 Å². The number of rotatable bonds is 0. The number of nitrogens with one attached hydrogen (secondary N) is 1. The van der Waals surface area contributed by atoms with Gasteiger partial charge in [0.05, 0.1) is 0 Å². The molecule has 1 nitrogen and oxygen atoms in total. The Kier molecular flexibility index (Phi) is 14.9. The zero-order chi connectivity index (χ0) is 14.2. The van der Waals surface area contributed by atoms with Crippen LogP contribution < -0.4 is 0 Å². The summed E-state index contributed by atoms with van der Waals surface area (Å²) in [4.78, 5) is 0. The molecule has 0 aromatic heterocycles. The van der Waals surface area contributed by atoms with Crippen LogP contribution in [0.2, 0.25) is 13.1 Å². The molecule has 1 N–H and O–H groups in total. The second kappa shape index (κ2) is 11.4. The third-order valence-corrected chi connectivity index (χ3v) is 2.24. The van der Waals surface area contributed by atoms with Gasteiger partial charge in [0.2, 0.25) is 0 Å². The van der Waals surface area contributed by atoms with E-state index in [0.29, 0.717) is 15.4 Å². The van der Waals surface area contributed by atoms with E-state index in [4.69, 9.17) is 5.73 Å². The van der Waals surface area contributed by atoms with E-state index in [1.54, 1.807) is 0 Å². The molecule has 1 unspecified atom stereocenters. The molecule has 0 bridgehead atoms. The van der Waals surface area contributed by atoms with Crippen LogP contribution in [0.25, 0.3) is 5.73 Å². The average molecular weight is 345 g/mol. The Balaban J connectivity index is -0.000000216. The van der Waals surface area contributed by atoms with E-state index in [1.807, 2.05) is 20.8 Å². The molecule has 0 spiro atoms. The summed E-state index contributed by atoms with van der Waals surface area (Å²) in [5.41, 5.74) is 10.9. The molecule has 0 heterocycles. The summed E-state index contributed by atoms with van der Waals surface area (Å²) in [6.45, 7) is 18.8. The summed E-state index contributed by atoms with van der Waals surface area (Å²) in [6.07, 6.45) is 3.36. The molecule has 1 atom stereocenters. The zero-order valence-electron chi connectivity index (χ0n) is 13.8. The SMILES string of the molecule is CC(C)(C)[NH-].CC1=[C-]C(C)C(C)=C1C.C[SiH2]C.[Zr+2]. The van der Waals surface area contributed by atoms with Crippen molar-refractivity contribution in [2.24, 2.45) is 5.92 Å². The predicted octanol–water partition coefficient (Wildman–Crippen LogP) is 4.81. The van der Waals surface area contributed by atoms with Crippen molar-refractivity contribution in [2.45, 2.75) is 67.1 Å². The van der Waals surface area contributed by atoms with E-state index in [1.165, 1.54) is 16.7 Å². The molecule has 0 fully saturated rings. The van der Waals surface area contributed by atoms with Crippen molar-refractivity contribution in [1.82, 2.24) is 0 Å². The molecule has 0 saturated carbocycles. The molecular weight excluding hydrogens is 313 g/mol. The van der Waals surface area contributed by atoms with Crippen LogP contribution in [0.5, 0.6) is 0 Å². The van der Waals surface area contributed by atoms with E-state index in [9.17, 15) is 0 Å². The molecular formula is C15H31NSiZr. The van der Waals surface area contributed by atoms with Gasteiger partial charge in [0, 0.05) is 9.52 Å². The number of hydrogen-bond acceptors (Lipinski definition) is 0. The second-order valence-electron chi connectivity index (χ2n) is 5.76. The predicted molar refractivity (Wildman–Crippen MR) is 84.3 cm³/mol. The molecule has 1 aliphatic rings. The molecule has 18 heavy (non-hydrogen) atoms. The van der Waals surface area contributed by atoms with Gasteiger partial charge >= 0.3 is 26.2 Å². The summed E-state index contributed by atoms with van der Waals surface area (Å²) >= 11 is 0. The van der Waals surface area contributed by atoms with Gasteiger partial charge < -0.3 is 5.73 Å². The van der Waals surface area contributed by atoms with E-state index in [2.05, 4.69) is 46.9 Å². The van der Waals surface area contributed by atoms with Crippen molar-refractivity contribution in [1.29, 1.82) is 0 Å². The maximum Gasteiger partial charge on any atom is 2.00 e. The first-order valence-electron chi connectivity index (χ1n) is 6.57. The molecule has 0 aromatic carbocycles. The first-order chi connectivity index (χ1) is 7.54. The Labute approximate surface area is 137 Å². The summed E-state index contributed by atoms with van der Waals surface area (Å²) in [5, 5.41) is 0. The first kappa shape index (κ1) is 23.6. The number of allylic oxidation sites excluding steroid dienone is 4. The minimum atomic E-state index is -0.250. The van der Waals surface area contributed by atoms with Crippen LogP contribution in [0.4, 0.5) is 0 Å². The first-order valence-corrected chi connectivity index (χ1v) is 9.40. The van der Waals surface area contributed by atoms with Gasteiger partial charge in [0.1, 0.15) is 0 Å². The van der Waals surface area contributed by atoms with E-state index in [-0.39, 0.29) is 31.7 Å². The largest absolute Gasteiger partial charge is 2.00 e. The monoisotopic (exact) mass is 343 g/mol. The van der Waals surface area contributed by atoms with Crippen LogP contribution in [-0.4, -0.2) is 15.1 Å². The second-order valence-corrected chi connectivity index (χ2v) is 7.17. The fourth-order valence-corrected chi connectivity index (χ4v) is 1.16. The quantitative estimate of drug-likeness (QED) is 0.445. The number of hydrogen-bond donors (Lipinski definition) is 0. The Morgan fingerprint density at radius 2 is 1.39 bits per heavy atom. The molecule has 0 saturated heterocycles. The Morgan fingerprint density at radius 3 is 1.44 bits per heavy atom. The van der Waals surface area contributed by atoms with Gasteiger partial charge in [-0.25, -0.2) is 5.57 Å². The van der Waals surface area contributed by atoms with Gasteiger partial charge in [-0.15, -0.1) is 12.5 Å². The third kappa shape index (κ3) is 14.6. The van der Waals surface area contributed by atoms with Crippen molar-refractivity contribution >= 4 is 9.52 Å². The van der Waals surface area contributed by atoms with Crippen molar-refractivity contribution in [3.63, 3.8) is 0 Å². The molecule has 0 radical (unpaired) electrons. The fraction of sp³-hybridized carbons (Fsp3) is 0.733. The van der Waals surface area contributed by atoms with Crippen LogP contribution in [0.3, 0.4) is 0 Å². The van der Waals surface area contributed by atoms with Crippen molar-refractivity contribution in [3.8, 4) is 0 Å². The standard InChI is InChI=1S/C9H13.C4H10N.C2H8Si.Zr/c1-6-5-7(2)9(4)8(6)3;1-4(2,3)5;1-3-2;/h6H,1-4H3;5H,1-3H3;3H2,1-2H3;/q2*-1;;+2. The van der Waals surface area contributed by atoms with Gasteiger partial charge in [0.25, 0.3) is 0 Å². The van der Waals surface area contributed by atoms with Crippen molar-refractivity contribution in [2.75, 3.05) is 0 Å². The topological polar surface area (TPSA) is 23.8 Å². The van der Waals surface area contributed by atoms with Gasteiger partial charge in [-0.3, -0.25) is 6.08 Å².